The number of esters is 1. The van der Waals surface area contributed by atoms with E-state index in [9.17, 15) is 4.79 Å². The predicted molar refractivity (Wildman–Crippen MR) is 88.6 cm³/mol. The molecule has 1 rings (SSSR count). The standard InChI is InChI=1S/C15H26O3Si2/c1-15(2,3)19-18-20(5,6)13-9-7-12(8-10-13)11-14(16)17-4/h7-10H,11,19H2,1-6H3. The number of ether oxygens (including phenoxy) is 1. The molecular formula is C15H26O3Si2. The number of hydrogen-bond donors (Lipinski definition) is 0. The molecule has 0 unspecified atom stereocenters. The molecule has 112 valence electrons. The molecule has 1 aromatic rings. The molecule has 0 radical (unpaired) electrons. The molecule has 1 aromatic carbocycles. The van der Waals surface area contributed by atoms with Crippen LogP contribution in [0.3, 0.4) is 0 Å². The highest BCUT2D eigenvalue weighted by Gasteiger charge is 2.27. The van der Waals surface area contributed by atoms with Crippen LogP contribution in [0.4, 0.5) is 0 Å². The van der Waals surface area contributed by atoms with Crippen molar-refractivity contribution in [3.63, 3.8) is 0 Å². The van der Waals surface area contributed by atoms with Gasteiger partial charge in [0.05, 0.1) is 13.5 Å². The van der Waals surface area contributed by atoms with E-state index in [0.29, 0.717) is 11.5 Å². The predicted octanol–water partition coefficient (Wildman–Crippen LogP) is 2.13. The first kappa shape index (κ1) is 17.1. The number of rotatable bonds is 5. The minimum atomic E-state index is -1.81. The zero-order chi connectivity index (χ0) is 15.4. The Bertz CT molecular complexity index is 447. The van der Waals surface area contributed by atoms with Crippen LogP contribution in [-0.4, -0.2) is 31.2 Å². The van der Waals surface area contributed by atoms with Crippen LogP contribution in [0.25, 0.3) is 0 Å². The molecule has 3 nitrogen and oxygen atoms in total. The van der Waals surface area contributed by atoms with Gasteiger partial charge >= 0.3 is 5.97 Å². The quantitative estimate of drug-likeness (QED) is 0.617. The van der Waals surface area contributed by atoms with Gasteiger partial charge in [0, 0.05) is 0 Å². The Balaban J connectivity index is 2.73. The highest BCUT2D eigenvalue weighted by atomic mass is 28.4. The molecule has 0 N–H and O–H groups in total. The van der Waals surface area contributed by atoms with Gasteiger partial charge in [-0.25, -0.2) is 0 Å². The van der Waals surface area contributed by atoms with Gasteiger partial charge < -0.3 is 8.85 Å². The molecule has 0 atom stereocenters. The fraction of sp³-hybridized carbons (Fsp3) is 0.533. The van der Waals surface area contributed by atoms with Gasteiger partial charge in [-0.3, -0.25) is 4.79 Å². The molecule has 0 saturated heterocycles. The summed E-state index contributed by atoms with van der Waals surface area (Å²) in [5, 5.41) is 1.60. The monoisotopic (exact) mass is 310 g/mol. The van der Waals surface area contributed by atoms with Crippen LogP contribution in [0.1, 0.15) is 26.3 Å². The molecule has 0 heterocycles. The number of carbonyl (C=O) groups is 1. The summed E-state index contributed by atoms with van der Waals surface area (Å²) >= 11 is 0. The van der Waals surface area contributed by atoms with E-state index in [1.165, 1.54) is 12.3 Å². The Labute approximate surface area is 125 Å². The lowest BCUT2D eigenvalue weighted by Gasteiger charge is -2.28. The molecule has 0 amide bonds. The van der Waals surface area contributed by atoms with E-state index in [0.717, 1.165) is 5.56 Å². The van der Waals surface area contributed by atoms with Crippen molar-refractivity contribution in [2.75, 3.05) is 7.11 Å². The first-order valence-electron chi connectivity index (χ1n) is 6.94. The molecular weight excluding hydrogens is 284 g/mol. The summed E-state index contributed by atoms with van der Waals surface area (Å²) in [6.07, 6.45) is 0.330. The van der Waals surface area contributed by atoms with Crippen LogP contribution in [0, 0.1) is 0 Å². The maximum Gasteiger partial charge on any atom is 0.309 e. The van der Waals surface area contributed by atoms with Crippen molar-refractivity contribution in [1.82, 2.24) is 0 Å². The van der Waals surface area contributed by atoms with Crippen LogP contribution in [0.5, 0.6) is 0 Å². The van der Waals surface area contributed by atoms with Gasteiger partial charge in [-0.05, 0) is 28.9 Å². The molecule has 0 aliphatic carbocycles. The van der Waals surface area contributed by atoms with Crippen molar-refractivity contribution < 1.29 is 13.6 Å². The van der Waals surface area contributed by atoms with Crippen molar-refractivity contribution >= 4 is 29.2 Å². The second-order valence-electron chi connectivity index (χ2n) is 6.81. The van der Waals surface area contributed by atoms with Crippen LogP contribution in [0.2, 0.25) is 18.1 Å². The number of carbonyl (C=O) groups excluding carboxylic acids is 1. The third-order valence-corrected chi connectivity index (χ3v) is 9.15. The van der Waals surface area contributed by atoms with Gasteiger partial charge in [0.1, 0.15) is 0 Å². The number of benzene rings is 1. The number of hydrogen-bond acceptors (Lipinski definition) is 3. The Hall–Kier alpha value is -0.916. The van der Waals surface area contributed by atoms with Crippen molar-refractivity contribution in [2.45, 2.75) is 45.3 Å². The first-order chi connectivity index (χ1) is 9.14. The van der Waals surface area contributed by atoms with E-state index in [1.54, 1.807) is 0 Å². The van der Waals surface area contributed by atoms with Crippen LogP contribution >= 0.6 is 0 Å². The highest BCUT2D eigenvalue weighted by Crippen LogP contribution is 2.22. The minimum absolute atomic E-state index is 0.203. The van der Waals surface area contributed by atoms with Crippen molar-refractivity contribution in [1.29, 1.82) is 0 Å². The normalized spacial score (nSPS) is 12.9. The lowest BCUT2D eigenvalue weighted by Crippen LogP contribution is -2.46. The lowest BCUT2D eigenvalue weighted by atomic mass is 10.1. The van der Waals surface area contributed by atoms with Crippen molar-refractivity contribution in [3.05, 3.63) is 29.8 Å². The average molecular weight is 311 g/mol. The van der Waals surface area contributed by atoms with Gasteiger partial charge in [0.15, 0.2) is 9.76 Å². The third-order valence-electron chi connectivity index (χ3n) is 3.09. The lowest BCUT2D eigenvalue weighted by molar-refractivity contribution is -0.139. The molecule has 5 heteroatoms. The Morgan fingerprint density at radius 2 is 1.75 bits per heavy atom. The first-order valence-corrected chi connectivity index (χ1v) is 11.1. The average Bonchev–Trinajstić information content (AvgIpc) is 2.36. The van der Waals surface area contributed by atoms with E-state index in [1.807, 2.05) is 12.1 Å². The maximum absolute atomic E-state index is 11.2. The largest absolute Gasteiger partial charge is 0.469 e. The zero-order valence-corrected chi connectivity index (χ0v) is 15.9. The zero-order valence-electron chi connectivity index (χ0n) is 13.4. The molecule has 0 fully saturated rings. The molecule has 0 spiro atoms. The van der Waals surface area contributed by atoms with E-state index in [2.05, 4.69) is 50.7 Å². The summed E-state index contributed by atoms with van der Waals surface area (Å²) in [7, 11) is -0.943. The van der Waals surface area contributed by atoms with Gasteiger partial charge in [0.25, 0.3) is 0 Å². The summed E-state index contributed by atoms with van der Waals surface area (Å²) in [5.41, 5.74) is 0.985. The van der Waals surface area contributed by atoms with Gasteiger partial charge in [-0.2, -0.15) is 0 Å². The summed E-state index contributed by atoms with van der Waals surface area (Å²) < 4.78 is 11.0. The van der Waals surface area contributed by atoms with Crippen LogP contribution in [-0.2, 0) is 20.1 Å². The Morgan fingerprint density at radius 1 is 1.20 bits per heavy atom. The van der Waals surface area contributed by atoms with E-state index >= 15 is 0 Å². The second kappa shape index (κ2) is 6.69. The van der Waals surface area contributed by atoms with Crippen molar-refractivity contribution in [2.24, 2.45) is 0 Å². The molecule has 0 saturated carbocycles. The summed E-state index contributed by atoms with van der Waals surface area (Å²) in [6, 6.07) is 8.20. The minimum Gasteiger partial charge on any atom is -0.469 e. The Morgan fingerprint density at radius 3 is 2.20 bits per heavy atom. The summed E-state index contributed by atoms with van der Waals surface area (Å²) in [4.78, 5) is 11.2. The SMILES string of the molecule is COC(=O)Cc1ccc([Si](C)(C)O[SiH2]C(C)(C)C)cc1. The van der Waals surface area contributed by atoms with Crippen molar-refractivity contribution in [3.8, 4) is 0 Å². The highest BCUT2D eigenvalue weighted by molar-refractivity contribution is 6.87. The molecule has 0 bridgehead atoms. The van der Waals surface area contributed by atoms with E-state index in [-0.39, 0.29) is 5.97 Å². The second-order valence-corrected chi connectivity index (χ2v) is 14.0. The van der Waals surface area contributed by atoms with E-state index < -0.39 is 18.1 Å². The summed E-state index contributed by atoms with van der Waals surface area (Å²) in [5.74, 6) is -0.203. The molecule has 0 aromatic heterocycles. The number of methoxy groups -OCH3 is 1. The smallest absolute Gasteiger partial charge is 0.309 e. The van der Waals surface area contributed by atoms with Gasteiger partial charge in [0.2, 0.25) is 8.32 Å². The summed E-state index contributed by atoms with van der Waals surface area (Å²) in [6.45, 7) is 11.2. The van der Waals surface area contributed by atoms with Gasteiger partial charge in [-0.1, -0.05) is 45.0 Å². The topological polar surface area (TPSA) is 35.5 Å². The van der Waals surface area contributed by atoms with Gasteiger partial charge in [-0.15, -0.1) is 0 Å². The fourth-order valence-electron chi connectivity index (χ4n) is 1.74. The molecule has 0 aliphatic rings. The van der Waals surface area contributed by atoms with Crippen LogP contribution in [0.15, 0.2) is 24.3 Å². The third kappa shape index (κ3) is 5.60. The maximum atomic E-state index is 11.2. The molecule has 0 aliphatic heterocycles. The Kier molecular flexibility index (Phi) is 5.73. The fourth-order valence-corrected chi connectivity index (χ4v) is 6.55. The van der Waals surface area contributed by atoms with Crippen LogP contribution < -0.4 is 5.19 Å². The van der Waals surface area contributed by atoms with E-state index in [4.69, 9.17) is 4.12 Å². The molecule has 20 heavy (non-hydrogen) atoms.